The molecule has 1 aliphatic heterocycles. The minimum absolute atomic E-state index is 0.00976. The Morgan fingerprint density at radius 3 is 2.38 bits per heavy atom. The molecule has 0 amide bonds. The zero-order valence-electron chi connectivity index (χ0n) is 13.4. The molecular formula is C19H30N2. The van der Waals surface area contributed by atoms with E-state index in [1.54, 1.807) is 0 Å². The van der Waals surface area contributed by atoms with E-state index in [9.17, 15) is 0 Å². The molecule has 116 valence electrons. The van der Waals surface area contributed by atoms with Crippen LogP contribution in [0.15, 0.2) is 29.8 Å². The van der Waals surface area contributed by atoms with E-state index in [2.05, 4.69) is 42.6 Å². The van der Waals surface area contributed by atoms with E-state index in [1.807, 2.05) is 0 Å². The summed E-state index contributed by atoms with van der Waals surface area (Å²) in [6.07, 6.45) is 14.3. The number of anilines is 1. The molecule has 1 aromatic carbocycles. The quantitative estimate of drug-likeness (QED) is 0.604. The van der Waals surface area contributed by atoms with Crippen LogP contribution in [0.2, 0.25) is 0 Å². The van der Waals surface area contributed by atoms with Crippen LogP contribution in [0, 0.1) is 0 Å². The lowest BCUT2D eigenvalue weighted by Crippen LogP contribution is -2.33. The Morgan fingerprint density at radius 1 is 0.952 bits per heavy atom. The van der Waals surface area contributed by atoms with Crippen molar-refractivity contribution >= 4 is 11.8 Å². The molecule has 0 fully saturated rings. The van der Waals surface area contributed by atoms with Crippen molar-refractivity contribution in [2.24, 2.45) is 5.73 Å². The minimum Gasteiger partial charge on any atom is -0.366 e. The number of unbranched alkanes of at least 4 members (excludes halogenated alkanes) is 7. The lowest BCUT2D eigenvalue weighted by atomic mass is 9.97. The molecule has 0 bridgehead atoms. The van der Waals surface area contributed by atoms with Crippen LogP contribution in [0.25, 0.3) is 6.08 Å². The predicted molar refractivity (Wildman–Crippen MR) is 93.2 cm³/mol. The fourth-order valence-corrected chi connectivity index (χ4v) is 2.99. The average molecular weight is 286 g/mol. The highest BCUT2D eigenvalue weighted by Gasteiger charge is 2.15. The first kappa shape index (κ1) is 16.1. The van der Waals surface area contributed by atoms with Crippen molar-refractivity contribution in [3.63, 3.8) is 0 Å². The van der Waals surface area contributed by atoms with Gasteiger partial charge in [0.1, 0.15) is 0 Å². The van der Waals surface area contributed by atoms with Crippen LogP contribution in [0.4, 0.5) is 5.69 Å². The van der Waals surface area contributed by atoms with Gasteiger partial charge in [0, 0.05) is 5.69 Å². The van der Waals surface area contributed by atoms with Crippen molar-refractivity contribution in [2.45, 2.75) is 70.9 Å². The van der Waals surface area contributed by atoms with E-state index in [4.69, 9.17) is 5.73 Å². The Labute approximate surface area is 129 Å². The molecule has 0 saturated carbocycles. The molecule has 2 nitrogen and oxygen atoms in total. The van der Waals surface area contributed by atoms with Gasteiger partial charge in [-0.3, -0.25) is 0 Å². The molecule has 1 aromatic rings. The van der Waals surface area contributed by atoms with E-state index in [0.717, 1.165) is 12.1 Å². The number of fused-ring (bicyclic) bond motifs is 1. The number of nitrogens with two attached hydrogens (primary N) is 1. The van der Waals surface area contributed by atoms with E-state index in [1.165, 1.54) is 62.5 Å². The van der Waals surface area contributed by atoms with Gasteiger partial charge in [-0.1, -0.05) is 76.1 Å². The van der Waals surface area contributed by atoms with Crippen molar-refractivity contribution in [1.29, 1.82) is 0 Å². The second-order valence-corrected chi connectivity index (χ2v) is 6.15. The van der Waals surface area contributed by atoms with Crippen LogP contribution in [-0.2, 0) is 0 Å². The average Bonchev–Trinajstić information content (AvgIpc) is 2.50. The monoisotopic (exact) mass is 286 g/mol. The summed E-state index contributed by atoms with van der Waals surface area (Å²) in [5.74, 6) is 0. The van der Waals surface area contributed by atoms with Gasteiger partial charge >= 0.3 is 0 Å². The molecule has 0 saturated heterocycles. The zero-order chi connectivity index (χ0) is 14.9. The number of rotatable bonds is 9. The van der Waals surface area contributed by atoms with E-state index >= 15 is 0 Å². The fourth-order valence-electron chi connectivity index (χ4n) is 2.99. The lowest BCUT2D eigenvalue weighted by Gasteiger charge is -2.25. The second kappa shape index (κ2) is 8.89. The Balaban J connectivity index is 1.68. The molecule has 0 aliphatic carbocycles. The fraction of sp³-hybridized carbons (Fsp3) is 0.579. The van der Waals surface area contributed by atoms with Crippen LogP contribution < -0.4 is 11.1 Å². The van der Waals surface area contributed by atoms with Gasteiger partial charge in [0.15, 0.2) is 0 Å². The molecule has 1 atom stereocenters. The van der Waals surface area contributed by atoms with Gasteiger partial charge in [0.2, 0.25) is 0 Å². The summed E-state index contributed by atoms with van der Waals surface area (Å²) in [4.78, 5) is 0. The first-order valence-electron chi connectivity index (χ1n) is 8.63. The van der Waals surface area contributed by atoms with Crippen LogP contribution >= 0.6 is 0 Å². The molecule has 1 unspecified atom stereocenters. The largest absolute Gasteiger partial charge is 0.366 e. The summed E-state index contributed by atoms with van der Waals surface area (Å²) in [7, 11) is 0. The van der Waals surface area contributed by atoms with Gasteiger partial charge < -0.3 is 11.1 Å². The van der Waals surface area contributed by atoms with Gasteiger partial charge in [0.25, 0.3) is 0 Å². The van der Waals surface area contributed by atoms with E-state index < -0.39 is 0 Å². The van der Waals surface area contributed by atoms with Gasteiger partial charge in [-0.15, -0.1) is 0 Å². The van der Waals surface area contributed by atoms with Crippen molar-refractivity contribution in [1.82, 2.24) is 0 Å². The number of nitrogens with one attached hydrogen (secondary N) is 1. The van der Waals surface area contributed by atoms with Crippen molar-refractivity contribution in [3.05, 3.63) is 35.4 Å². The number of hydrogen-bond acceptors (Lipinski definition) is 2. The second-order valence-electron chi connectivity index (χ2n) is 6.15. The summed E-state index contributed by atoms with van der Waals surface area (Å²) in [5, 5.41) is 3.39. The molecule has 3 N–H and O–H groups in total. The first-order chi connectivity index (χ1) is 10.3. The van der Waals surface area contributed by atoms with Crippen molar-refractivity contribution < 1.29 is 0 Å². The topological polar surface area (TPSA) is 38.0 Å². The highest BCUT2D eigenvalue weighted by molar-refractivity contribution is 5.72. The van der Waals surface area contributed by atoms with Gasteiger partial charge in [0.05, 0.1) is 6.17 Å². The molecule has 2 rings (SSSR count). The third kappa shape index (κ3) is 5.20. The molecule has 0 spiro atoms. The third-order valence-corrected chi connectivity index (χ3v) is 4.33. The normalized spacial score (nSPS) is 17.0. The maximum atomic E-state index is 6.21. The minimum atomic E-state index is -0.00976. The molecule has 0 radical (unpaired) electrons. The highest BCUT2D eigenvalue weighted by Crippen LogP contribution is 2.27. The molecule has 0 aromatic heterocycles. The molecular weight excluding hydrogens is 256 g/mol. The molecule has 21 heavy (non-hydrogen) atoms. The third-order valence-electron chi connectivity index (χ3n) is 4.33. The van der Waals surface area contributed by atoms with Gasteiger partial charge in [-0.25, -0.2) is 0 Å². The maximum Gasteiger partial charge on any atom is 0.0968 e. The Kier molecular flexibility index (Phi) is 6.81. The SMILES string of the molecule is CCCCCCCCCCC1=Cc2ccccc2NC1N. The van der Waals surface area contributed by atoms with Crippen molar-refractivity contribution in [2.75, 3.05) is 5.32 Å². The summed E-state index contributed by atoms with van der Waals surface area (Å²) < 4.78 is 0. The van der Waals surface area contributed by atoms with Crippen LogP contribution in [0.5, 0.6) is 0 Å². The van der Waals surface area contributed by atoms with Crippen LogP contribution in [-0.4, -0.2) is 6.17 Å². The summed E-state index contributed by atoms with van der Waals surface area (Å²) in [5.41, 5.74) is 9.99. The van der Waals surface area contributed by atoms with E-state index in [0.29, 0.717) is 0 Å². The Hall–Kier alpha value is -1.28. The molecule has 1 heterocycles. The summed E-state index contributed by atoms with van der Waals surface area (Å²) in [6.45, 7) is 2.27. The zero-order valence-corrected chi connectivity index (χ0v) is 13.4. The summed E-state index contributed by atoms with van der Waals surface area (Å²) >= 11 is 0. The van der Waals surface area contributed by atoms with Gasteiger partial charge in [-0.2, -0.15) is 0 Å². The number of benzene rings is 1. The van der Waals surface area contributed by atoms with Gasteiger partial charge in [-0.05, 0) is 30.0 Å². The molecule has 1 aliphatic rings. The van der Waals surface area contributed by atoms with Crippen LogP contribution in [0.1, 0.15) is 70.3 Å². The maximum absolute atomic E-state index is 6.21. The summed E-state index contributed by atoms with van der Waals surface area (Å²) in [6, 6.07) is 8.39. The predicted octanol–water partition coefficient (Wildman–Crippen LogP) is 5.31. The Morgan fingerprint density at radius 2 is 1.62 bits per heavy atom. The number of para-hydroxylation sites is 1. The smallest absolute Gasteiger partial charge is 0.0968 e. The first-order valence-corrected chi connectivity index (χ1v) is 8.63. The Bertz CT molecular complexity index is 451. The van der Waals surface area contributed by atoms with Crippen LogP contribution in [0.3, 0.4) is 0 Å². The van der Waals surface area contributed by atoms with E-state index in [-0.39, 0.29) is 6.17 Å². The number of hydrogen-bond donors (Lipinski definition) is 2. The highest BCUT2D eigenvalue weighted by atomic mass is 15.0. The lowest BCUT2D eigenvalue weighted by molar-refractivity contribution is 0.571. The van der Waals surface area contributed by atoms with Crippen molar-refractivity contribution in [3.8, 4) is 0 Å². The standard InChI is InChI=1S/C19H30N2/c1-2-3-4-5-6-7-8-9-13-17-15-16-12-10-11-14-18(16)21-19(17)20/h10-12,14-15,19,21H,2-9,13,20H2,1H3. The molecule has 2 heteroatoms.